The Morgan fingerprint density at radius 3 is 2.48 bits per heavy atom. The second kappa shape index (κ2) is 7.74. The van der Waals surface area contributed by atoms with Crippen LogP contribution in [0.2, 0.25) is 0 Å². The predicted octanol–water partition coefficient (Wildman–Crippen LogP) is 3.65. The van der Waals surface area contributed by atoms with Crippen LogP contribution in [0.15, 0.2) is 59.2 Å². The van der Waals surface area contributed by atoms with E-state index in [-0.39, 0.29) is 11.7 Å². The van der Waals surface area contributed by atoms with Crippen molar-refractivity contribution in [2.45, 2.75) is 6.92 Å². The van der Waals surface area contributed by atoms with Crippen LogP contribution in [0.1, 0.15) is 12.5 Å². The van der Waals surface area contributed by atoms with Gasteiger partial charge in [-0.15, -0.1) is 0 Å². The quantitative estimate of drug-likeness (QED) is 0.469. The molecule has 2 aromatic rings. The summed E-state index contributed by atoms with van der Waals surface area (Å²) in [5.74, 6) is 0.350. The Hall–Kier alpha value is -3.61. The van der Waals surface area contributed by atoms with Gasteiger partial charge in [-0.3, -0.25) is 4.79 Å². The monoisotopic (exact) mass is 366 g/mol. The molecule has 0 bridgehead atoms. The van der Waals surface area contributed by atoms with Gasteiger partial charge >= 0.3 is 6.16 Å². The molecule has 0 aliphatic carbocycles. The minimum Gasteiger partial charge on any atom is -0.493 e. The van der Waals surface area contributed by atoms with E-state index < -0.39 is 6.16 Å². The van der Waals surface area contributed by atoms with Crippen molar-refractivity contribution in [3.63, 3.8) is 0 Å². The van der Waals surface area contributed by atoms with E-state index in [9.17, 15) is 9.59 Å². The molecule has 1 heterocycles. The van der Waals surface area contributed by atoms with Crippen molar-refractivity contribution in [3.8, 4) is 11.5 Å². The van der Waals surface area contributed by atoms with Gasteiger partial charge in [0.1, 0.15) is 0 Å². The first kappa shape index (κ1) is 18.2. The molecule has 0 radical (unpaired) electrons. The minimum atomic E-state index is -0.841. The zero-order valence-electron chi connectivity index (χ0n) is 15.1. The SMILES string of the molecule is COC(=O)Oc1ccc(C=C2C(=O)N(c3ccccc3)N=C2C)cc1OC. The van der Waals surface area contributed by atoms with Crippen molar-refractivity contribution in [3.05, 3.63) is 59.7 Å². The molecule has 7 nitrogen and oxygen atoms in total. The van der Waals surface area contributed by atoms with E-state index in [1.165, 1.54) is 19.2 Å². The fourth-order valence-corrected chi connectivity index (χ4v) is 2.58. The Morgan fingerprint density at radius 1 is 1.07 bits per heavy atom. The summed E-state index contributed by atoms with van der Waals surface area (Å²) in [4.78, 5) is 24.0. The number of para-hydroxylation sites is 1. The normalized spacial score (nSPS) is 14.9. The van der Waals surface area contributed by atoms with Crippen LogP contribution in [-0.4, -0.2) is 32.0 Å². The third-order valence-corrected chi connectivity index (χ3v) is 3.92. The van der Waals surface area contributed by atoms with Gasteiger partial charge < -0.3 is 14.2 Å². The Kier molecular flexibility index (Phi) is 5.21. The van der Waals surface area contributed by atoms with Gasteiger partial charge in [-0.1, -0.05) is 24.3 Å². The van der Waals surface area contributed by atoms with Crippen LogP contribution in [0.5, 0.6) is 11.5 Å². The first-order chi connectivity index (χ1) is 13.0. The highest BCUT2D eigenvalue weighted by Gasteiger charge is 2.28. The van der Waals surface area contributed by atoms with Crippen LogP contribution >= 0.6 is 0 Å². The second-order valence-corrected chi connectivity index (χ2v) is 5.66. The number of methoxy groups -OCH3 is 2. The van der Waals surface area contributed by atoms with Crippen molar-refractivity contribution < 1.29 is 23.8 Å². The van der Waals surface area contributed by atoms with Crippen molar-refractivity contribution >= 4 is 29.5 Å². The van der Waals surface area contributed by atoms with E-state index in [0.717, 1.165) is 0 Å². The molecule has 0 fully saturated rings. The first-order valence-electron chi connectivity index (χ1n) is 8.14. The van der Waals surface area contributed by atoms with Crippen molar-refractivity contribution in [1.29, 1.82) is 0 Å². The lowest BCUT2D eigenvalue weighted by Crippen LogP contribution is -2.21. The first-order valence-corrected chi connectivity index (χ1v) is 8.14. The molecule has 0 N–H and O–H groups in total. The molecule has 1 amide bonds. The van der Waals surface area contributed by atoms with Crippen LogP contribution in [-0.2, 0) is 9.53 Å². The van der Waals surface area contributed by atoms with Crippen LogP contribution in [0.3, 0.4) is 0 Å². The minimum absolute atomic E-state index is 0.215. The molecule has 0 spiro atoms. The van der Waals surface area contributed by atoms with Gasteiger partial charge in [-0.05, 0) is 42.8 Å². The van der Waals surface area contributed by atoms with Gasteiger partial charge in [0.15, 0.2) is 11.5 Å². The van der Waals surface area contributed by atoms with Gasteiger partial charge in [-0.2, -0.15) is 10.1 Å². The number of benzene rings is 2. The summed E-state index contributed by atoms with van der Waals surface area (Å²) in [5, 5.41) is 5.71. The summed E-state index contributed by atoms with van der Waals surface area (Å²) in [5.41, 5.74) is 2.49. The second-order valence-electron chi connectivity index (χ2n) is 5.66. The number of carbonyl (C=O) groups excluding carboxylic acids is 2. The van der Waals surface area contributed by atoms with Gasteiger partial charge in [0, 0.05) is 0 Å². The van der Waals surface area contributed by atoms with Gasteiger partial charge in [0.2, 0.25) is 0 Å². The highest BCUT2D eigenvalue weighted by atomic mass is 16.7. The Bertz CT molecular complexity index is 935. The molecule has 0 unspecified atom stereocenters. The molecule has 7 heteroatoms. The third-order valence-electron chi connectivity index (χ3n) is 3.92. The van der Waals surface area contributed by atoms with Crippen molar-refractivity contribution in [2.24, 2.45) is 5.10 Å². The lowest BCUT2D eigenvalue weighted by molar-refractivity contribution is -0.114. The summed E-state index contributed by atoms with van der Waals surface area (Å²) in [7, 11) is 2.68. The largest absolute Gasteiger partial charge is 0.513 e. The molecular weight excluding hydrogens is 348 g/mol. The summed E-state index contributed by atoms with van der Waals surface area (Å²) >= 11 is 0. The molecule has 1 aliphatic heterocycles. The average Bonchev–Trinajstić information content (AvgIpc) is 2.97. The molecule has 138 valence electrons. The highest BCUT2D eigenvalue weighted by molar-refractivity contribution is 6.32. The Labute approximate surface area is 156 Å². The van der Waals surface area contributed by atoms with Crippen LogP contribution in [0, 0.1) is 0 Å². The number of hydrogen-bond acceptors (Lipinski definition) is 6. The smallest absolute Gasteiger partial charge is 0.493 e. The Balaban J connectivity index is 1.89. The molecule has 3 rings (SSSR count). The number of rotatable bonds is 4. The number of amides is 1. The summed E-state index contributed by atoms with van der Waals surface area (Å²) < 4.78 is 14.8. The molecule has 1 aliphatic rings. The molecular formula is C20H18N2O5. The van der Waals surface area contributed by atoms with Crippen molar-refractivity contribution in [1.82, 2.24) is 0 Å². The predicted molar refractivity (Wildman–Crippen MR) is 101 cm³/mol. The van der Waals surface area contributed by atoms with Crippen LogP contribution < -0.4 is 14.5 Å². The molecule has 27 heavy (non-hydrogen) atoms. The van der Waals surface area contributed by atoms with E-state index in [1.54, 1.807) is 31.2 Å². The number of carbonyl (C=O) groups is 2. The molecule has 0 saturated carbocycles. The van der Waals surface area contributed by atoms with Gasteiger partial charge in [0.05, 0.1) is 31.2 Å². The fourth-order valence-electron chi connectivity index (χ4n) is 2.58. The number of hydrogen-bond donors (Lipinski definition) is 0. The number of ether oxygens (including phenoxy) is 3. The number of nitrogens with zero attached hydrogens (tertiary/aromatic N) is 2. The van der Waals surface area contributed by atoms with E-state index in [1.807, 2.05) is 30.3 Å². The van der Waals surface area contributed by atoms with E-state index in [4.69, 9.17) is 9.47 Å². The van der Waals surface area contributed by atoms with Crippen LogP contribution in [0.4, 0.5) is 10.5 Å². The fraction of sp³-hybridized carbons (Fsp3) is 0.150. The maximum atomic E-state index is 12.8. The zero-order valence-corrected chi connectivity index (χ0v) is 15.1. The van der Waals surface area contributed by atoms with E-state index >= 15 is 0 Å². The van der Waals surface area contributed by atoms with Crippen molar-refractivity contribution in [2.75, 3.05) is 19.2 Å². The Morgan fingerprint density at radius 2 is 1.81 bits per heavy atom. The molecule has 0 aromatic heterocycles. The lowest BCUT2D eigenvalue weighted by Gasteiger charge is -2.11. The number of anilines is 1. The van der Waals surface area contributed by atoms with Gasteiger partial charge in [0.25, 0.3) is 5.91 Å². The maximum Gasteiger partial charge on any atom is 0.513 e. The summed E-state index contributed by atoms with van der Waals surface area (Å²) in [6.45, 7) is 1.78. The lowest BCUT2D eigenvalue weighted by atomic mass is 10.1. The molecule has 0 atom stereocenters. The van der Waals surface area contributed by atoms with Gasteiger partial charge in [-0.25, -0.2) is 4.79 Å². The third kappa shape index (κ3) is 3.82. The van der Waals surface area contributed by atoms with E-state index in [2.05, 4.69) is 9.84 Å². The standard InChI is InChI=1S/C20H18N2O5/c1-13-16(19(23)22(21-13)15-7-5-4-6-8-15)11-14-9-10-17(18(12-14)25-2)27-20(24)26-3/h4-12H,1-3H3. The summed E-state index contributed by atoms with van der Waals surface area (Å²) in [6, 6.07) is 14.2. The molecule has 0 saturated heterocycles. The van der Waals surface area contributed by atoms with E-state index in [0.29, 0.717) is 28.3 Å². The number of hydrazone groups is 1. The maximum absolute atomic E-state index is 12.8. The summed E-state index contributed by atoms with van der Waals surface area (Å²) in [6.07, 6.45) is 0.876. The highest BCUT2D eigenvalue weighted by Crippen LogP contribution is 2.30. The zero-order chi connectivity index (χ0) is 19.4. The van der Waals surface area contributed by atoms with Crippen LogP contribution in [0.25, 0.3) is 6.08 Å². The average molecular weight is 366 g/mol. The molecule has 2 aromatic carbocycles. The topological polar surface area (TPSA) is 77.4 Å².